The molecule has 3 heterocycles. The summed E-state index contributed by atoms with van der Waals surface area (Å²) in [6, 6.07) is 7.49. The average molecular weight is 576 g/mol. The van der Waals surface area contributed by atoms with Crippen LogP contribution in [0.25, 0.3) is 21.3 Å². The lowest BCUT2D eigenvalue weighted by molar-refractivity contribution is -0.113. The molecule has 0 aliphatic carbocycles. The van der Waals surface area contributed by atoms with Crippen LogP contribution in [-0.2, 0) is 14.3 Å². The second-order valence-corrected chi connectivity index (χ2v) is 10.8. The topological polar surface area (TPSA) is 107 Å². The van der Waals surface area contributed by atoms with E-state index in [0.29, 0.717) is 15.6 Å². The van der Waals surface area contributed by atoms with Gasteiger partial charge >= 0.3 is 11.9 Å². The lowest BCUT2D eigenvalue weighted by atomic mass is 10.1. The van der Waals surface area contributed by atoms with Crippen molar-refractivity contribution in [1.29, 1.82) is 0 Å². The van der Waals surface area contributed by atoms with E-state index in [4.69, 9.17) is 21.1 Å². The fourth-order valence-corrected chi connectivity index (χ4v) is 6.56. The van der Waals surface area contributed by atoms with Crippen molar-refractivity contribution in [2.45, 2.75) is 25.8 Å². The summed E-state index contributed by atoms with van der Waals surface area (Å²) in [6.45, 7) is 5.37. The molecule has 3 aromatic heterocycles. The van der Waals surface area contributed by atoms with Gasteiger partial charge in [-0.3, -0.25) is 4.79 Å². The number of fused-ring (bicyclic) bond motifs is 1. The summed E-state index contributed by atoms with van der Waals surface area (Å²) in [7, 11) is 0. The molecule has 0 unspecified atom stereocenters. The Hall–Kier alpha value is -2.99. The maximum Gasteiger partial charge on any atom is 0.348 e. The maximum absolute atomic E-state index is 13.0. The summed E-state index contributed by atoms with van der Waals surface area (Å²) in [4.78, 5) is 47.8. The Labute approximate surface area is 230 Å². The molecule has 1 aromatic carbocycles. The van der Waals surface area contributed by atoms with Crippen LogP contribution in [0.2, 0.25) is 5.02 Å². The van der Waals surface area contributed by atoms with Crippen molar-refractivity contribution in [1.82, 2.24) is 9.97 Å². The van der Waals surface area contributed by atoms with Crippen LogP contribution < -0.4 is 5.32 Å². The van der Waals surface area contributed by atoms with Crippen LogP contribution in [0.3, 0.4) is 0 Å². The number of amides is 1. The van der Waals surface area contributed by atoms with Gasteiger partial charge in [-0.2, -0.15) is 0 Å². The molecule has 0 spiro atoms. The molecule has 0 saturated carbocycles. The first-order valence-electron chi connectivity index (χ1n) is 11.2. The molecule has 0 atom stereocenters. The fraction of sp³-hybridized carbons (Fsp3) is 0.240. The van der Waals surface area contributed by atoms with Crippen molar-refractivity contribution in [3.8, 4) is 11.1 Å². The minimum Gasteiger partial charge on any atom is -0.462 e. The van der Waals surface area contributed by atoms with E-state index < -0.39 is 11.9 Å². The number of aromatic nitrogens is 2. The van der Waals surface area contributed by atoms with Crippen molar-refractivity contribution in [3.63, 3.8) is 0 Å². The number of halogens is 1. The van der Waals surface area contributed by atoms with Crippen molar-refractivity contribution in [3.05, 3.63) is 57.0 Å². The van der Waals surface area contributed by atoms with E-state index in [0.717, 1.165) is 32.7 Å². The van der Waals surface area contributed by atoms with Crippen LogP contribution in [0, 0.1) is 6.92 Å². The van der Waals surface area contributed by atoms with Crippen LogP contribution >= 0.6 is 46.0 Å². The normalized spacial score (nSPS) is 10.9. The summed E-state index contributed by atoms with van der Waals surface area (Å²) in [5.41, 5.74) is 2.49. The highest BCUT2D eigenvalue weighted by atomic mass is 35.5. The molecule has 1 amide bonds. The molecule has 0 fully saturated rings. The Balaban J connectivity index is 1.57. The molecule has 0 bridgehead atoms. The third kappa shape index (κ3) is 5.96. The summed E-state index contributed by atoms with van der Waals surface area (Å²) in [5.74, 6) is -1.50. The van der Waals surface area contributed by atoms with Gasteiger partial charge in [0.05, 0.1) is 29.9 Å². The second kappa shape index (κ2) is 12.0. The Bertz CT molecular complexity index is 1470. The van der Waals surface area contributed by atoms with E-state index in [1.165, 1.54) is 29.4 Å². The predicted octanol–water partition coefficient (Wildman–Crippen LogP) is 6.47. The summed E-state index contributed by atoms with van der Waals surface area (Å²) in [6.07, 6.45) is 1.47. The summed E-state index contributed by atoms with van der Waals surface area (Å²) < 4.78 is 10.2. The Kier molecular flexibility index (Phi) is 8.80. The Morgan fingerprint density at radius 1 is 1.05 bits per heavy atom. The third-order valence-corrected chi connectivity index (χ3v) is 8.49. The zero-order valence-corrected chi connectivity index (χ0v) is 23.3. The number of nitrogens with zero attached hydrogens (tertiary/aromatic N) is 2. The molecule has 8 nitrogen and oxygen atoms in total. The van der Waals surface area contributed by atoms with E-state index in [-0.39, 0.29) is 40.3 Å². The number of nitrogens with one attached hydrogen (secondary N) is 1. The summed E-state index contributed by atoms with van der Waals surface area (Å²) in [5, 5.41) is 7.17. The number of esters is 2. The average Bonchev–Trinajstić information content (AvgIpc) is 3.45. The van der Waals surface area contributed by atoms with Gasteiger partial charge in [-0.25, -0.2) is 19.6 Å². The fourth-order valence-electron chi connectivity index (χ4n) is 3.54. The van der Waals surface area contributed by atoms with E-state index >= 15 is 0 Å². The first-order valence-corrected chi connectivity index (χ1v) is 14.3. The standard InChI is InChI=1S/C25H22ClN3O5S3/c1-4-33-24(31)18-13(3)20(25(32)34-5-2)37-23(18)29-17(30)11-36-22-19-16(10-35-21(19)27-12-28-22)14-6-8-15(26)9-7-14/h6-10,12H,4-5,11H2,1-3H3,(H,29,30). The second-order valence-electron chi connectivity index (χ2n) is 7.55. The zero-order valence-electron chi connectivity index (χ0n) is 20.1. The predicted molar refractivity (Wildman–Crippen MR) is 148 cm³/mol. The monoisotopic (exact) mass is 575 g/mol. The molecule has 0 saturated heterocycles. The number of anilines is 1. The number of hydrogen-bond donors (Lipinski definition) is 1. The quantitative estimate of drug-likeness (QED) is 0.137. The lowest BCUT2D eigenvalue weighted by Crippen LogP contribution is -2.16. The van der Waals surface area contributed by atoms with E-state index in [9.17, 15) is 14.4 Å². The lowest BCUT2D eigenvalue weighted by Gasteiger charge is -2.08. The van der Waals surface area contributed by atoms with Crippen LogP contribution in [0.1, 0.15) is 39.4 Å². The van der Waals surface area contributed by atoms with Crippen molar-refractivity contribution < 1.29 is 23.9 Å². The van der Waals surface area contributed by atoms with Gasteiger partial charge in [-0.15, -0.1) is 22.7 Å². The molecule has 12 heteroatoms. The minimum atomic E-state index is -0.613. The Morgan fingerprint density at radius 3 is 2.46 bits per heavy atom. The summed E-state index contributed by atoms with van der Waals surface area (Å²) >= 11 is 9.78. The SMILES string of the molecule is CCOC(=O)c1sc(NC(=O)CSc2ncnc3scc(-c4ccc(Cl)cc4)c23)c(C(=O)OCC)c1C. The van der Waals surface area contributed by atoms with Gasteiger partial charge in [0.1, 0.15) is 26.1 Å². The number of ether oxygens (including phenoxy) is 2. The highest BCUT2D eigenvalue weighted by Crippen LogP contribution is 2.39. The van der Waals surface area contributed by atoms with Crippen molar-refractivity contribution in [2.24, 2.45) is 0 Å². The van der Waals surface area contributed by atoms with Crippen LogP contribution in [0.4, 0.5) is 5.00 Å². The van der Waals surface area contributed by atoms with Gasteiger partial charge < -0.3 is 14.8 Å². The molecule has 0 aliphatic heterocycles. The molecule has 0 radical (unpaired) electrons. The van der Waals surface area contributed by atoms with Gasteiger partial charge in [0.15, 0.2) is 0 Å². The van der Waals surface area contributed by atoms with Crippen LogP contribution in [0.5, 0.6) is 0 Å². The zero-order chi connectivity index (χ0) is 26.5. The molecule has 4 aromatic rings. The first kappa shape index (κ1) is 27.1. The molecule has 192 valence electrons. The van der Waals surface area contributed by atoms with Crippen molar-refractivity contribution >= 4 is 79.1 Å². The largest absolute Gasteiger partial charge is 0.462 e. The maximum atomic E-state index is 13.0. The molecule has 0 aliphatic rings. The molecule has 1 N–H and O–H groups in total. The number of hydrogen-bond acceptors (Lipinski definition) is 10. The smallest absolute Gasteiger partial charge is 0.348 e. The van der Waals surface area contributed by atoms with Gasteiger partial charge in [-0.1, -0.05) is 35.5 Å². The van der Waals surface area contributed by atoms with E-state index in [1.54, 1.807) is 20.8 Å². The number of carbonyl (C=O) groups excluding carboxylic acids is 3. The highest BCUT2D eigenvalue weighted by molar-refractivity contribution is 8.00. The van der Waals surface area contributed by atoms with Gasteiger partial charge in [0, 0.05) is 16.0 Å². The highest BCUT2D eigenvalue weighted by Gasteiger charge is 2.27. The van der Waals surface area contributed by atoms with Gasteiger partial charge in [0.2, 0.25) is 5.91 Å². The number of benzene rings is 1. The first-order chi connectivity index (χ1) is 17.8. The molecular formula is C25H22ClN3O5S3. The minimum absolute atomic E-state index is 0.0238. The van der Waals surface area contributed by atoms with Crippen molar-refractivity contribution in [2.75, 3.05) is 24.3 Å². The van der Waals surface area contributed by atoms with Gasteiger partial charge in [-0.05, 0) is 44.0 Å². The molecular weight excluding hydrogens is 554 g/mol. The van der Waals surface area contributed by atoms with E-state index in [2.05, 4.69) is 15.3 Å². The third-order valence-electron chi connectivity index (χ3n) is 5.17. The number of thioether (sulfide) groups is 1. The molecule has 37 heavy (non-hydrogen) atoms. The van der Waals surface area contributed by atoms with Crippen LogP contribution in [0.15, 0.2) is 41.0 Å². The molecule has 4 rings (SSSR count). The number of rotatable bonds is 9. The van der Waals surface area contributed by atoms with Crippen LogP contribution in [-0.4, -0.2) is 46.8 Å². The van der Waals surface area contributed by atoms with Gasteiger partial charge in [0.25, 0.3) is 0 Å². The Morgan fingerprint density at radius 2 is 1.76 bits per heavy atom. The number of carbonyl (C=O) groups is 3. The van der Waals surface area contributed by atoms with E-state index in [1.807, 2.05) is 29.6 Å². The number of thiophene rings is 2.